The SMILES string of the molecule is Cc1cc(C)c(C(C)(C)CNC(=O)C(C)N)c(C)c1. The minimum absolute atomic E-state index is 0.101. The lowest BCUT2D eigenvalue weighted by atomic mass is 9.78. The number of hydrogen-bond donors (Lipinski definition) is 2. The van der Waals surface area contributed by atoms with Crippen molar-refractivity contribution in [3.8, 4) is 0 Å². The van der Waals surface area contributed by atoms with Crippen LogP contribution in [0.25, 0.3) is 0 Å². The highest BCUT2D eigenvalue weighted by Crippen LogP contribution is 2.29. The van der Waals surface area contributed by atoms with Gasteiger partial charge in [-0.3, -0.25) is 4.79 Å². The van der Waals surface area contributed by atoms with Crippen molar-refractivity contribution in [3.63, 3.8) is 0 Å². The maximum Gasteiger partial charge on any atom is 0.236 e. The molecule has 1 aromatic rings. The van der Waals surface area contributed by atoms with Gasteiger partial charge in [-0.2, -0.15) is 0 Å². The molecular formula is C16H26N2O. The van der Waals surface area contributed by atoms with Gasteiger partial charge in [0.2, 0.25) is 5.91 Å². The molecule has 1 atom stereocenters. The van der Waals surface area contributed by atoms with Gasteiger partial charge < -0.3 is 11.1 Å². The minimum Gasteiger partial charge on any atom is -0.354 e. The fraction of sp³-hybridized carbons (Fsp3) is 0.562. The lowest BCUT2D eigenvalue weighted by molar-refractivity contribution is -0.122. The van der Waals surface area contributed by atoms with Gasteiger partial charge in [0.15, 0.2) is 0 Å². The third-order valence-corrected chi connectivity index (χ3v) is 3.47. The summed E-state index contributed by atoms with van der Waals surface area (Å²) in [5.41, 5.74) is 10.6. The molecule has 3 nitrogen and oxygen atoms in total. The van der Waals surface area contributed by atoms with Gasteiger partial charge in [0.05, 0.1) is 6.04 Å². The molecule has 106 valence electrons. The van der Waals surface area contributed by atoms with Crippen LogP contribution < -0.4 is 11.1 Å². The molecular weight excluding hydrogens is 236 g/mol. The van der Waals surface area contributed by atoms with Gasteiger partial charge in [-0.15, -0.1) is 0 Å². The van der Waals surface area contributed by atoms with E-state index in [0.717, 1.165) is 0 Å². The predicted molar refractivity (Wildman–Crippen MR) is 80.3 cm³/mol. The Morgan fingerprint density at radius 2 is 1.74 bits per heavy atom. The number of nitrogens with two attached hydrogens (primary N) is 1. The molecule has 1 aromatic carbocycles. The van der Waals surface area contributed by atoms with Crippen LogP contribution >= 0.6 is 0 Å². The molecule has 0 bridgehead atoms. The van der Waals surface area contributed by atoms with Crippen molar-refractivity contribution in [1.29, 1.82) is 0 Å². The molecule has 0 saturated heterocycles. The maximum absolute atomic E-state index is 11.6. The highest BCUT2D eigenvalue weighted by molar-refractivity contribution is 5.81. The van der Waals surface area contributed by atoms with Gasteiger partial charge in [-0.25, -0.2) is 0 Å². The van der Waals surface area contributed by atoms with E-state index in [-0.39, 0.29) is 11.3 Å². The largest absolute Gasteiger partial charge is 0.354 e. The summed E-state index contributed by atoms with van der Waals surface area (Å²) >= 11 is 0. The summed E-state index contributed by atoms with van der Waals surface area (Å²) in [6, 6.07) is 3.92. The number of carbonyl (C=O) groups is 1. The van der Waals surface area contributed by atoms with Crippen LogP contribution in [0.15, 0.2) is 12.1 Å². The van der Waals surface area contributed by atoms with E-state index < -0.39 is 6.04 Å². The van der Waals surface area contributed by atoms with Crippen molar-refractivity contribution in [3.05, 3.63) is 34.4 Å². The van der Waals surface area contributed by atoms with Crippen molar-refractivity contribution >= 4 is 5.91 Å². The summed E-state index contributed by atoms with van der Waals surface area (Å²) in [5, 5.41) is 2.93. The van der Waals surface area contributed by atoms with Gasteiger partial charge in [-0.1, -0.05) is 31.5 Å². The van der Waals surface area contributed by atoms with Crippen molar-refractivity contribution in [1.82, 2.24) is 5.32 Å². The van der Waals surface area contributed by atoms with Crippen LogP contribution in [0.4, 0.5) is 0 Å². The molecule has 0 fully saturated rings. The number of hydrogen-bond acceptors (Lipinski definition) is 2. The molecule has 0 heterocycles. The Balaban J connectivity index is 2.97. The molecule has 1 unspecified atom stereocenters. The lowest BCUT2D eigenvalue weighted by Crippen LogP contribution is -2.44. The first-order chi connectivity index (χ1) is 8.65. The molecule has 0 aliphatic heterocycles. The second-order valence-corrected chi connectivity index (χ2v) is 6.16. The molecule has 0 aromatic heterocycles. The molecule has 0 aliphatic carbocycles. The van der Waals surface area contributed by atoms with Crippen LogP contribution in [-0.2, 0) is 10.2 Å². The molecule has 0 radical (unpaired) electrons. The Labute approximate surface area is 116 Å². The number of rotatable bonds is 4. The highest BCUT2D eigenvalue weighted by atomic mass is 16.2. The summed E-state index contributed by atoms with van der Waals surface area (Å²) < 4.78 is 0. The smallest absolute Gasteiger partial charge is 0.236 e. The zero-order valence-electron chi connectivity index (χ0n) is 12.9. The van der Waals surface area contributed by atoms with E-state index >= 15 is 0 Å². The quantitative estimate of drug-likeness (QED) is 0.875. The average molecular weight is 262 g/mol. The van der Waals surface area contributed by atoms with Crippen molar-refractivity contribution in [2.75, 3.05) is 6.54 Å². The molecule has 0 saturated carbocycles. The maximum atomic E-state index is 11.6. The molecule has 0 aliphatic rings. The van der Waals surface area contributed by atoms with Gasteiger partial charge in [-0.05, 0) is 44.4 Å². The normalized spacial score (nSPS) is 13.2. The average Bonchev–Trinajstić information content (AvgIpc) is 2.23. The molecule has 1 rings (SSSR count). The molecule has 3 heteroatoms. The summed E-state index contributed by atoms with van der Waals surface area (Å²) in [4.78, 5) is 11.6. The summed E-state index contributed by atoms with van der Waals surface area (Å²) in [5.74, 6) is -0.101. The second kappa shape index (κ2) is 5.74. The first-order valence-corrected chi connectivity index (χ1v) is 6.77. The van der Waals surface area contributed by atoms with Crippen molar-refractivity contribution in [2.24, 2.45) is 5.73 Å². The summed E-state index contributed by atoms with van der Waals surface area (Å²) in [6.45, 7) is 13.0. The zero-order chi connectivity index (χ0) is 14.8. The number of aryl methyl sites for hydroxylation is 3. The van der Waals surface area contributed by atoms with Crippen LogP contribution in [0.5, 0.6) is 0 Å². The third-order valence-electron chi connectivity index (χ3n) is 3.47. The number of benzene rings is 1. The van der Waals surface area contributed by atoms with Gasteiger partial charge >= 0.3 is 0 Å². The first kappa shape index (κ1) is 15.7. The fourth-order valence-corrected chi connectivity index (χ4v) is 2.80. The van der Waals surface area contributed by atoms with Crippen molar-refractivity contribution in [2.45, 2.75) is 53.0 Å². The monoisotopic (exact) mass is 262 g/mol. The van der Waals surface area contributed by atoms with E-state index in [1.165, 1.54) is 22.3 Å². The Morgan fingerprint density at radius 3 is 2.16 bits per heavy atom. The van der Waals surface area contributed by atoms with Crippen LogP contribution in [0.2, 0.25) is 0 Å². The Kier molecular flexibility index (Phi) is 4.75. The van der Waals surface area contributed by atoms with Gasteiger partial charge in [0.1, 0.15) is 0 Å². The van der Waals surface area contributed by atoms with Crippen LogP contribution in [-0.4, -0.2) is 18.5 Å². The molecule has 3 N–H and O–H groups in total. The van der Waals surface area contributed by atoms with Crippen LogP contribution in [0.1, 0.15) is 43.0 Å². The first-order valence-electron chi connectivity index (χ1n) is 6.77. The number of nitrogens with one attached hydrogen (secondary N) is 1. The summed E-state index contributed by atoms with van der Waals surface area (Å²) in [6.07, 6.45) is 0. The Morgan fingerprint density at radius 1 is 1.26 bits per heavy atom. The molecule has 0 spiro atoms. The fourth-order valence-electron chi connectivity index (χ4n) is 2.80. The van der Waals surface area contributed by atoms with E-state index in [0.29, 0.717) is 6.54 Å². The topological polar surface area (TPSA) is 55.1 Å². The lowest BCUT2D eigenvalue weighted by Gasteiger charge is -2.30. The summed E-state index contributed by atoms with van der Waals surface area (Å²) in [7, 11) is 0. The van der Waals surface area contributed by atoms with Crippen LogP contribution in [0.3, 0.4) is 0 Å². The predicted octanol–water partition coefficient (Wildman–Crippen LogP) is 2.35. The minimum atomic E-state index is -0.462. The van der Waals surface area contributed by atoms with Gasteiger partial charge in [0.25, 0.3) is 0 Å². The highest BCUT2D eigenvalue weighted by Gasteiger charge is 2.25. The van der Waals surface area contributed by atoms with Crippen LogP contribution in [0, 0.1) is 20.8 Å². The van der Waals surface area contributed by atoms with E-state index in [1.807, 2.05) is 0 Å². The Hall–Kier alpha value is -1.35. The second-order valence-electron chi connectivity index (χ2n) is 6.16. The third kappa shape index (κ3) is 3.80. The van der Waals surface area contributed by atoms with E-state index in [4.69, 9.17) is 5.73 Å². The Bertz CT molecular complexity index is 453. The van der Waals surface area contributed by atoms with Gasteiger partial charge in [0, 0.05) is 12.0 Å². The van der Waals surface area contributed by atoms with Crippen molar-refractivity contribution < 1.29 is 4.79 Å². The standard InChI is InChI=1S/C16H26N2O/c1-10-7-11(2)14(12(3)8-10)16(5,6)9-18-15(19)13(4)17/h7-8,13H,9,17H2,1-6H3,(H,18,19). The number of amides is 1. The number of carbonyl (C=O) groups excluding carboxylic acids is 1. The van der Waals surface area contributed by atoms with E-state index in [1.54, 1.807) is 6.92 Å². The molecule has 19 heavy (non-hydrogen) atoms. The zero-order valence-corrected chi connectivity index (χ0v) is 12.9. The van der Waals surface area contributed by atoms with E-state index in [2.05, 4.69) is 52.1 Å². The van der Waals surface area contributed by atoms with E-state index in [9.17, 15) is 4.79 Å². The molecule has 1 amide bonds.